The zero-order chi connectivity index (χ0) is 3.41. The Morgan fingerprint density at radius 3 is 1.20 bits per heavy atom. The molecule has 0 aliphatic carbocycles. The van der Waals surface area contributed by atoms with Gasteiger partial charge < -0.3 is 13.8 Å². The number of rotatable bonds is 1. The Bertz CT molecular complexity index is 5.61. The first-order chi connectivity index (χ1) is 1.91. The van der Waals surface area contributed by atoms with Crippen molar-refractivity contribution < 1.29 is 0 Å². The third-order valence-electron chi connectivity index (χ3n) is 0.250. The van der Waals surface area contributed by atoms with Gasteiger partial charge in [-0.2, -0.15) is 0 Å². The van der Waals surface area contributed by atoms with Crippen molar-refractivity contribution in [3.05, 3.63) is 13.8 Å². The molecule has 0 N–H and O–H groups in total. The fourth-order valence-corrected chi connectivity index (χ4v) is 0. The van der Waals surface area contributed by atoms with Crippen LogP contribution >= 0.6 is 0 Å². The van der Waals surface area contributed by atoms with E-state index in [1.54, 1.807) is 0 Å². The maximum atomic E-state index is 3.54. The van der Waals surface area contributed by atoms with Crippen LogP contribution in [-0.4, -0.2) is 37.7 Å². The van der Waals surface area contributed by atoms with E-state index in [9.17, 15) is 0 Å². The molecule has 0 saturated carbocycles. The summed E-state index contributed by atoms with van der Waals surface area (Å²) in [6.07, 6.45) is 1.92. The molecule has 0 rings (SSSR count). The zero-order valence-electron chi connectivity index (χ0n) is 3.54. The van der Waals surface area contributed by atoms with E-state index in [1.807, 2.05) is 0 Å². The van der Waals surface area contributed by atoms with E-state index in [-0.39, 0.29) is 37.7 Å². The van der Waals surface area contributed by atoms with Crippen LogP contribution in [0.2, 0.25) is 0 Å². The molecule has 0 aromatic heterocycles. The minimum Gasteiger partial charge on any atom is -0.346 e. The largest absolute Gasteiger partial charge is 2.00 e. The molecule has 0 atom stereocenters. The van der Waals surface area contributed by atoms with Crippen LogP contribution < -0.4 is 0 Å². The molecular weight excluding hydrogens is 88.1 g/mol. The van der Waals surface area contributed by atoms with Gasteiger partial charge in [-0.25, -0.2) is 12.8 Å². The van der Waals surface area contributed by atoms with Gasteiger partial charge in [0.05, 0.1) is 0 Å². The monoisotopic (exact) mass is 96.0 g/mol. The van der Waals surface area contributed by atoms with Crippen molar-refractivity contribution in [1.82, 2.24) is 0 Å². The zero-order valence-corrected chi connectivity index (χ0v) is 5.74. The molecule has 0 nitrogen and oxygen atoms in total. The van der Waals surface area contributed by atoms with Crippen molar-refractivity contribution in [3.8, 4) is 0 Å². The first-order valence-electron chi connectivity index (χ1n) is 1.50. The quantitative estimate of drug-likeness (QED) is 0.338. The summed E-state index contributed by atoms with van der Waals surface area (Å²) in [6, 6.07) is 0. The van der Waals surface area contributed by atoms with Gasteiger partial charge in [0, 0.05) is 0 Å². The van der Waals surface area contributed by atoms with Crippen LogP contribution in [-0.2, 0) is 0 Å². The molecule has 26 valence electrons. The summed E-state index contributed by atoms with van der Waals surface area (Å²) in [5, 5.41) is 0. The summed E-state index contributed by atoms with van der Waals surface area (Å²) in [4.78, 5) is 0. The van der Waals surface area contributed by atoms with Crippen molar-refractivity contribution >= 4 is 37.7 Å². The molecule has 0 aliphatic heterocycles. The Morgan fingerprint density at radius 2 is 1.20 bits per heavy atom. The Labute approximate surface area is 63.9 Å². The van der Waals surface area contributed by atoms with E-state index in [4.69, 9.17) is 0 Å². The first-order valence-corrected chi connectivity index (χ1v) is 1.50. The fraction of sp³-hybridized carbons (Fsp3) is 0.500. The number of hydrogen-bond acceptors (Lipinski definition) is 0. The van der Waals surface area contributed by atoms with Crippen LogP contribution in [0.3, 0.4) is 0 Å². The molecule has 0 aliphatic rings. The second-order valence-corrected chi connectivity index (χ2v) is 0.707. The molecule has 0 aromatic rings. The minimum absolute atomic E-state index is 0. The van der Waals surface area contributed by atoms with E-state index < -0.39 is 0 Å². The minimum atomic E-state index is 0. The maximum absolute atomic E-state index is 3.54. The van der Waals surface area contributed by atoms with Crippen molar-refractivity contribution in [3.63, 3.8) is 0 Å². The van der Waals surface area contributed by atoms with Crippen LogP contribution in [0.5, 0.6) is 0 Å². The molecule has 1 heteroatoms. The Kier molecular flexibility index (Phi) is 17.1. The summed E-state index contributed by atoms with van der Waals surface area (Å²) in [6.45, 7) is 7.08. The Morgan fingerprint density at radius 1 is 1.00 bits per heavy atom. The van der Waals surface area contributed by atoms with Gasteiger partial charge in [0.1, 0.15) is 0 Å². The molecule has 0 bridgehead atoms. The molecule has 0 heterocycles. The molecule has 0 amide bonds. The van der Waals surface area contributed by atoms with Crippen LogP contribution in [0.1, 0.15) is 12.8 Å². The van der Waals surface area contributed by atoms with E-state index in [0.717, 1.165) is 12.8 Å². The second kappa shape index (κ2) is 8.98. The van der Waals surface area contributed by atoms with Gasteiger partial charge in [-0.05, 0) is 0 Å². The molecule has 0 saturated heterocycles. The van der Waals surface area contributed by atoms with Gasteiger partial charge in [-0.15, -0.1) is 0 Å². The number of unbranched alkanes of at least 4 members (excludes halogenated alkanes) is 1. The Balaban J connectivity index is 0. The summed E-state index contributed by atoms with van der Waals surface area (Å²) >= 11 is 0. The third-order valence-corrected chi connectivity index (χ3v) is 0.250. The van der Waals surface area contributed by atoms with Crippen molar-refractivity contribution in [2.45, 2.75) is 12.8 Å². The number of hydrogen-bond donors (Lipinski definition) is 0. The van der Waals surface area contributed by atoms with Gasteiger partial charge in [-0.1, -0.05) is 0 Å². The molecular formula is C4H8Ca. The van der Waals surface area contributed by atoms with E-state index in [2.05, 4.69) is 13.8 Å². The van der Waals surface area contributed by atoms with Gasteiger partial charge in [0.15, 0.2) is 0 Å². The van der Waals surface area contributed by atoms with E-state index in [1.165, 1.54) is 0 Å². The topological polar surface area (TPSA) is 0 Å². The predicted molar refractivity (Wildman–Crippen MR) is 25.7 cm³/mol. The van der Waals surface area contributed by atoms with Crippen molar-refractivity contribution in [1.29, 1.82) is 0 Å². The van der Waals surface area contributed by atoms with Crippen molar-refractivity contribution in [2.24, 2.45) is 0 Å². The summed E-state index contributed by atoms with van der Waals surface area (Å²) in [7, 11) is 0. The van der Waals surface area contributed by atoms with E-state index >= 15 is 0 Å². The summed E-state index contributed by atoms with van der Waals surface area (Å²) in [5.74, 6) is 0. The molecule has 0 spiro atoms. The van der Waals surface area contributed by atoms with Crippen LogP contribution in [0.25, 0.3) is 0 Å². The van der Waals surface area contributed by atoms with Crippen LogP contribution in [0.4, 0.5) is 0 Å². The summed E-state index contributed by atoms with van der Waals surface area (Å²) < 4.78 is 0. The van der Waals surface area contributed by atoms with Gasteiger partial charge in [0.2, 0.25) is 0 Å². The van der Waals surface area contributed by atoms with Crippen LogP contribution in [0, 0.1) is 13.8 Å². The maximum Gasteiger partial charge on any atom is 2.00 e. The molecule has 0 fully saturated rings. The summed E-state index contributed by atoms with van der Waals surface area (Å²) in [5.41, 5.74) is 0. The molecule has 0 unspecified atom stereocenters. The van der Waals surface area contributed by atoms with Crippen LogP contribution in [0.15, 0.2) is 0 Å². The second-order valence-electron chi connectivity index (χ2n) is 0.707. The Hall–Kier alpha value is 1.26. The fourth-order valence-electron chi connectivity index (χ4n) is 0. The molecule has 0 radical (unpaired) electrons. The SMILES string of the molecule is [CH2-]CC[CH2-].[Ca+2]. The first kappa shape index (κ1) is 9.54. The molecule has 5 heavy (non-hydrogen) atoms. The third kappa shape index (κ3) is 10.9. The normalized spacial score (nSPS) is 6.00. The van der Waals surface area contributed by atoms with Gasteiger partial charge >= 0.3 is 37.7 Å². The predicted octanol–water partition coefficient (Wildman–Crippen LogP) is 1.05. The van der Waals surface area contributed by atoms with Gasteiger partial charge in [-0.3, -0.25) is 0 Å². The molecule has 0 aromatic carbocycles. The van der Waals surface area contributed by atoms with E-state index in [0.29, 0.717) is 0 Å². The average molecular weight is 96.2 g/mol. The van der Waals surface area contributed by atoms with Crippen molar-refractivity contribution in [2.75, 3.05) is 0 Å². The smallest absolute Gasteiger partial charge is 0.346 e. The standard InChI is InChI=1S/C4H8.Ca/c1-3-4-2;/h1-4H2;/q-2;+2. The average Bonchev–Trinajstić information content (AvgIpc) is 1.37. The van der Waals surface area contributed by atoms with Gasteiger partial charge in [0.25, 0.3) is 0 Å².